The van der Waals surface area contributed by atoms with Gasteiger partial charge in [0.15, 0.2) is 0 Å². The molecule has 2 rings (SSSR count). The molecule has 0 spiro atoms. The summed E-state index contributed by atoms with van der Waals surface area (Å²) >= 11 is 0. The molecule has 2 aromatic rings. The number of rotatable bonds is 5. The van der Waals surface area contributed by atoms with Crippen molar-refractivity contribution in [2.75, 3.05) is 0 Å². The lowest BCUT2D eigenvalue weighted by molar-refractivity contribution is -0.137. The Labute approximate surface area is 129 Å². The Morgan fingerprint density at radius 2 is 1.64 bits per heavy atom. The monoisotopic (exact) mass is 307 g/mol. The van der Waals surface area contributed by atoms with E-state index in [0.29, 0.717) is 12.0 Å². The first-order valence-electron chi connectivity index (χ1n) is 7.33. The van der Waals surface area contributed by atoms with E-state index in [1.54, 1.807) is 6.07 Å². The van der Waals surface area contributed by atoms with Crippen molar-refractivity contribution in [3.8, 4) is 0 Å². The van der Waals surface area contributed by atoms with Crippen LogP contribution in [0.2, 0.25) is 0 Å². The van der Waals surface area contributed by atoms with Gasteiger partial charge in [0.25, 0.3) is 0 Å². The molecule has 2 aromatic carbocycles. The lowest BCUT2D eigenvalue weighted by Crippen LogP contribution is -2.30. The zero-order valence-corrected chi connectivity index (χ0v) is 12.7. The minimum absolute atomic E-state index is 0.0821. The summed E-state index contributed by atoms with van der Waals surface area (Å²) in [6, 6.07) is 15.8. The molecule has 0 aliphatic heterocycles. The Bertz CT molecular complexity index is 593. The molecule has 0 heterocycles. The second-order valence-corrected chi connectivity index (χ2v) is 5.60. The summed E-state index contributed by atoms with van der Waals surface area (Å²) in [5, 5.41) is 3.42. The fourth-order valence-electron chi connectivity index (χ4n) is 2.55. The van der Waals surface area contributed by atoms with E-state index in [2.05, 4.69) is 12.2 Å². The molecule has 4 heteroatoms. The van der Waals surface area contributed by atoms with E-state index in [1.807, 2.05) is 37.3 Å². The molecule has 0 fully saturated rings. The van der Waals surface area contributed by atoms with Gasteiger partial charge in [0.1, 0.15) is 0 Å². The molecule has 2 atom stereocenters. The first-order chi connectivity index (χ1) is 10.4. The van der Waals surface area contributed by atoms with E-state index >= 15 is 0 Å². The largest absolute Gasteiger partial charge is 0.416 e. The molecule has 22 heavy (non-hydrogen) atoms. The van der Waals surface area contributed by atoms with E-state index in [4.69, 9.17) is 0 Å². The summed E-state index contributed by atoms with van der Waals surface area (Å²) in [6.07, 6.45) is -3.73. The van der Waals surface area contributed by atoms with Gasteiger partial charge in [-0.1, -0.05) is 48.5 Å². The maximum atomic E-state index is 12.7. The fraction of sp³-hybridized carbons (Fsp3) is 0.333. The molecule has 0 aliphatic rings. The topological polar surface area (TPSA) is 12.0 Å². The normalized spacial score (nSPS) is 14.6. The highest BCUT2D eigenvalue weighted by molar-refractivity contribution is 5.26. The van der Waals surface area contributed by atoms with Crippen LogP contribution in [0.15, 0.2) is 54.6 Å². The van der Waals surface area contributed by atoms with Crippen molar-refractivity contribution < 1.29 is 13.2 Å². The molecule has 1 unspecified atom stereocenters. The molecule has 0 aromatic heterocycles. The quantitative estimate of drug-likeness (QED) is 0.821. The minimum atomic E-state index is -4.29. The van der Waals surface area contributed by atoms with Crippen molar-refractivity contribution in [2.45, 2.75) is 38.5 Å². The smallest absolute Gasteiger partial charge is 0.307 e. The van der Waals surface area contributed by atoms with E-state index in [0.717, 1.165) is 6.07 Å². The third-order valence-electron chi connectivity index (χ3n) is 3.63. The first-order valence-corrected chi connectivity index (χ1v) is 7.33. The highest BCUT2D eigenvalue weighted by Gasteiger charge is 2.30. The van der Waals surface area contributed by atoms with E-state index in [9.17, 15) is 13.2 Å². The van der Waals surface area contributed by atoms with Crippen LogP contribution in [-0.2, 0) is 12.6 Å². The third-order valence-corrected chi connectivity index (χ3v) is 3.63. The zero-order chi connectivity index (χ0) is 16.2. The first kappa shape index (κ1) is 16.6. The molecule has 118 valence electrons. The van der Waals surface area contributed by atoms with Crippen molar-refractivity contribution >= 4 is 0 Å². The van der Waals surface area contributed by atoms with Gasteiger partial charge in [-0.3, -0.25) is 0 Å². The molecular weight excluding hydrogens is 287 g/mol. The van der Waals surface area contributed by atoms with Gasteiger partial charge in [-0.15, -0.1) is 0 Å². The van der Waals surface area contributed by atoms with Gasteiger partial charge in [-0.2, -0.15) is 13.2 Å². The highest BCUT2D eigenvalue weighted by atomic mass is 19.4. The van der Waals surface area contributed by atoms with Crippen LogP contribution in [0.1, 0.15) is 36.6 Å². The Morgan fingerprint density at radius 1 is 0.955 bits per heavy atom. The lowest BCUT2D eigenvalue weighted by atomic mass is 10.0. The van der Waals surface area contributed by atoms with Crippen LogP contribution >= 0.6 is 0 Å². The lowest BCUT2D eigenvalue weighted by Gasteiger charge is -2.21. The van der Waals surface area contributed by atoms with Crippen molar-refractivity contribution in [3.63, 3.8) is 0 Å². The zero-order valence-electron chi connectivity index (χ0n) is 12.7. The average molecular weight is 307 g/mol. The molecule has 0 saturated heterocycles. The summed E-state index contributed by atoms with van der Waals surface area (Å²) in [5.41, 5.74) is 1.27. The highest BCUT2D eigenvalue weighted by Crippen LogP contribution is 2.29. The number of nitrogens with one attached hydrogen (secondary N) is 1. The molecule has 0 aliphatic carbocycles. The van der Waals surface area contributed by atoms with Crippen LogP contribution in [0.4, 0.5) is 13.2 Å². The van der Waals surface area contributed by atoms with Gasteiger partial charge < -0.3 is 5.32 Å². The molecule has 0 bridgehead atoms. The van der Waals surface area contributed by atoms with Crippen LogP contribution in [-0.4, -0.2) is 6.04 Å². The molecule has 1 N–H and O–H groups in total. The van der Waals surface area contributed by atoms with Crippen molar-refractivity contribution in [2.24, 2.45) is 0 Å². The Morgan fingerprint density at radius 3 is 2.27 bits per heavy atom. The SMILES string of the molecule is CC(Cc1cccc(C(F)(F)F)c1)N[C@@H](C)c1ccccc1. The van der Waals surface area contributed by atoms with Crippen molar-refractivity contribution in [3.05, 3.63) is 71.3 Å². The summed E-state index contributed by atoms with van der Waals surface area (Å²) in [5.74, 6) is 0. The van der Waals surface area contributed by atoms with Gasteiger partial charge in [0.2, 0.25) is 0 Å². The van der Waals surface area contributed by atoms with Gasteiger partial charge in [-0.05, 0) is 37.5 Å². The van der Waals surface area contributed by atoms with Gasteiger partial charge in [-0.25, -0.2) is 0 Å². The molecule has 1 nitrogen and oxygen atoms in total. The van der Waals surface area contributed by atoms with Crippen LogP contribution in [0, 0.1) is 0 Å². The third kappa shape index (κ3) is 4.60. The predicted octanol–water partition coefficient (Wildman–Crippen LogP) is 4.99. The summed E-state index contributed by atoms with van der Waals surface area (Å²) in [7, 11) is 0. The molecule has 0 radical (unpaired) electrons. The second kappa shape index (κ2) is 6.97. The van der Waals surface area contributed by atoms with E-state index in [-0.39, 0.29) is 12.1 Å². The minimum Gasteiger partial charge on any atom is -0.307 e. The van der Waals surface area contributed by atoms with Crippen LogP contribution < -0.4 is 5.32 Å². The summed E-state index contributed by atoms with van der Waals surface area (Å²) in [4.78, 5) is 0. The van der Waals surface area contributed by atoms with Crippen LogP contribution in [0.5, 0.6) is 0 Å². The number of hydrogen-bond acceptors (Lipinski definition) is 1. The van der Waals surface area contributed by atoms with Gasteiger partial charge >= 0.3 is 6.18 Å². The number of halogens is 3. The summed E-state index contributed by atoms with van der Waals surface area (Å²) < 4.78 is 38.2. The van der Waals surface area contributed by atoms with Crippen LogP contribution in [0.3, 0.4) is 0 Å². The Balaban J connectivity index is 1.99. The Kier molecular flexibility index (Phi) is 5.24. The number of hydrogen-bond donors (Lipinski definition) is 1. The van der Waals surface area contributed by atoms with Crippen LogP contribution in [0.25, 0.3) is 0 Å². The molecular formula is C18H20F3N. The van der Waals surface area contributed by atoms with Gasteiger partial charge in [0.05, 0.1) is 5.56 Å². The van der Waals surface area contributed by atoms with E-state index < -0.39 is 11.7 Å². The number of alkyl halides is 3. The standard InChI is InChI=1S/C18H20F3N/c1-13(22-14(2)16-8-4-3-5-9-16)11-15-7-6-10-17(12-15)18(19,20)21/h3-10,12-14,22H,11H2,1-2H3/t13?,14-/m0/s1. The maximum Gasteiger partial charge on any atom is 0.416 e. The maximum absolute atomic E-state index is 12.7. The second-order valence-electron chi connectivity index (χ2n) is 5.60. The van der Waals surface area contributed by atoms with Crippen molar-refractivity contribution in [1.29, 1.82) is 0 Å². The predicted molar refractivity (Wildman–Crippen MR) is 82.6 cm³/mol. The van der Waals surface area contributed by atoms with Crippen molar-refractivity contribution in [1.82, 2.24) is 5.32 Å². The Hall–Kier alpha value is -1.81. The van der Waals surface area contributed by atoms with Gasteiger partial charge in [0, 0.05) is 12.1 Å². The molecule has 0 amide bonds. The average Bonchev–Trinajstić information content (AvgIpc) is 2.47. The van der Waals surface area contributed by atoms with E-state index in [1.165, 1.54) is 17.7 Å². The number of benzene rings is 2. The fourth-order valence-corrected chi connectivity index (χ4v) is 2.55. The summed E-state index contributed by atoms with van der Waals surface area (Å²) in [6.45, 7) is 4.04. The molecule has 0 saturated carbocycles.